The van der Waals surface area contributed by atoms with Crippen LogP contribution in [0, 0.1) is 0 Å². The van der Waals surface area contributed by atoms with E-state index in [2.05, 4.69) is 41.1 Å². The molecule has 0 aliphatic carbocycles. The van der Waals surface area contributed by atoms with Gasteiger partial charge in [-0.1, -0.05) is 30.3 Å². The Labute approximate surface area is 192 Å². The summed E-state index contributed by atoms with van der Waals surface area (Å²) in [6, 6.07) is 10.9. The van der Waals surface area contributed by atoms with Gasteiger partial charge >= 0.3 is 0 Å². The quantitative estimate of drug-likeness (QED) is 0.340. The molecule has 1 aromatic carbocycles. The van der Waals surface area contributed by atoms with Crippen LogP contribution in [-0.4, -0.2) is 92.6 Å². The van der Waals surface area contributed by atoms with Crippen LogP contribution in [-0.2, 0) is 16.1 Å². The Bertz CT molecular complexity index is 629. The van der Waals surface area contributed by atoms with Crippen LogP contribution in [0.5, 0.6) is 0 Å². The number of rotatable bonds is 7. The molecule has 1 aromatic rings. The number of hydrogen-bond acceptors (Lipinski definition) is 4. The number of aliphatic imine (C=N–C) groups is 1. The number of carbonyl (C=O) groups excluding carboxylic acids is 1. The number of methoxy groups -OCH3 is 1. The van der Waals surface area contributed by atoms with E-state index in [0.717, 1.165) is 37.8 Å². The highest BCUT2D eigenvalue weighted by Gasteiger charge is 2.30. The lowest BCUT2D eigenvalue weighted by molar-refractivity contribution is -0.127. The molecule has 1 aliphatic rings. The summed E-state index contributed by atoms with van der Waals surface area (Å²) in [5, 5.41) is 3.28. The van der Waals surface area contributed by atoms with Crippen molar-refractivity contribution in [3.05, 3.63) is 35.9 Å². The standard InChI is InChI=1S/C21H35N5O2.HI/c1-17-15-25(16-18(2)26(17)11-12-28-5)21(23-14-20(27)24(3)4)22-13-19-9-7-6-8-10-19;/h6-10,17-18H,11-16H2,1-5H3,(H,22,23);1H. The first kappa shape index (κ1) is 25.6. The fraction of sp³-hybridized carbons (Fsp3) is 0.619. The molecule has 0 saturated carbocycles. The van der Waals surface area contributed by atoms with E-state index in [0.29, 0.717) is 18.6 Å². The first-order valence-electron chi connectivity index (χ1n) is 9.94. The molecule has 164 valence electrons. The average molecular weight is 517 g/mol. The summed E-state index contributed by atoms with van der Waals surface area (Å²) in [5.41, 5.74) is 1.15. The van der Waals surface area contributed by atoms with E-state index < -0.39 is 0 Å². The second-order valence-corrected chi connectivity index (χ2v) is 7.60. The molecule has 0 radical (unpaired) electrons. The molecule has 7 nitrogen and oxygen atoms in total. The van der Waals surface area contributed by atoms with Crippen LogP contribution in [0.4, 0.5) is 0 Å². The van der Waals surface area contributed by atoms with Gasteiger partial charge in [-0.15, -0.1) is 24.0 Å². The van der Waals surface area contributed by atoms with Crippen molar-refractivity contribution >= 4 is 35.8 Å². The number of amides is 1. The highest BCUT2D eigenvalue weighted by molar-refractivity contribution is 14.0. The van der Waals surface area contributed by atoms with Crippen molar-refractivity contribution in [3.8, 4) is 0 Å². The first-order valence-corrected chi connectivity index (χ1v) is 9.94. The minimum Gasteiger partial charge on any atom is -0.383 e. The van der Waals surface area contributed by atoms with Gasteiger partial charge in [-0.05, 0) is 19.4 Å². The van der Waals surface area contributed by atoms with E-state index in [1.54, 1.807) is 26.1 Å². The summed E-state index contributed by atoms with van der Waals surface area (Å²) in [6.45, 7) is 8.69. The van der Waals surface area contributed by atoms with E-state index in [-0.39, 0.29) is 36.4 Å². The second-order valence-electron chi connectivity index (χ2n) is 7.60. The summed E-state index contributed by atoms with van der Waals surface area (Å²) in [5.74, 6) is 0.830. The lowest BCUT2D eigenvalue weighted by atomic mass is 10.1. The van der Waals surface area contributed by atoms with Crippen LogP contribution in [0.3, 0.4) is 0 Å². The number of ether oxygens (including phenoxy) is 1. The Morgan fingerprint density at radius 3 is 2.38 bits per heavy atom. The van der Waals surface area contributed by atoms with Gasteiger partial charge in [0.2, 0.25) is 5.91 Å². The second kappa shape index (κ2) is 13.0. The number of halogens is 1. The maximum atomic E-state index is 12.1. The van der Waals surface area contributed by atoms with E-state index in [9.17, 15) is 4.79 Å². The normalized spacial score (nSPS) is 20.2. The monoisotopic (exact) mass is 517 g/mol. The van der Waals surface area contributed by atoms with Crippen molar-refractivity contribution in [2.75, 3.05) is 54.0 Å². The third-order valence-electron chi connectivity index (χ3n) is 5.11. The molecule has 1 aliphatic heterocycles. The molecule has 0 bridgehead atoms. The summed E-state index contributed by atoms with van der Waals surface area (Å²) in [6.07, 6.45) is 0. The molecule has 1 N–H and O–H groups in total. The van der Waals surface area contributed by atoms with Gasteiger partial charge in [0.25, 0.3) is 0 Å². The summed E-state index contributed by atoms with van der Waals surface area (Å²) < 4.78 is 5.26. The zero-order valence-electron chi connectivity index (χ0n) is 18.3. The predicted molar refractivity (Wildman–Crippen MR) is 129 cm³/mol. The number of guanidine groups is 1. The minimum absolute atomic E-state index is 0. The molecule has 1 fully saturated rings. The van der Waals surface area contributed by atoms with Crippen LogP contribution in [0.1, 0.15) is 19.4 Å². The minimum atomic E-state index is 0. The maximum absolute atomic E-state index is 12.1. The Morgan fingerprint density at radius 1 is 1.21 bits per heavy atom. The number of benzene rings is 1. The van der Waals surface area contributed by atoms with Gasteiger partial charge < -0.3 is 19.9 Å². The van der Waals surface area contributed by atoms with Crippen LogP contribution >= 0.6 is 24.0 Å². The molecular weight excluding hydrogens is 481 g/mol. The van der Waals surface area contributed by atoms with Gasteiger partial charge in [0.05, 0.1) is 19.7 Å². The van der Waals surface area contributed by atoms with Gasteiger partial charge in [0.15, 0.2) is 5.96 Å². The molecule has 2 rings (SSSR count). The number of nitrogens with one attached hydrogen (secondary N) is 1. The molecule has 8 heteroatoms. The fourth-order valence-electron chi connectivity index (χ4n) is 3.50. The highest BCUT2D eigenvalue weighted by atomic mass is 127. The van der Waals surface area contributed by atoms with E-state index in [4.69, 9.17) is 9.73 Å². The Balaban J connectivity index is 0.00000420. The third kappa shape index (κ3) is 8.10. The number of carbonyl (C=O) groups is 1. The Kier molecular flexibility index (Phi) is 11.5. The van der Waals surface area contributed by atoms with Crippen LogP contribution in [0.25, 0.3) is 0 Å². The van der Waals surface area contributed by atoms with Crippen molar-refractivity contribution < 1.29 is 9.53 Å². The molecular formula is C21H36IN5O2. The van der Waals surface area contributed by atoms with Crippen LogP contribution in [0.15, 0.2) is 35.3 Å². The van der Waals surface area contributed by atoms with E-state index in [1.807, 2.05) is 18.2 Å². The third-order valence-corrected chi connectivity index (χ3v) is 5.11. The highest BCUT2D eigenvalue weighted by Crippen LogP contribution is 2.16. The molecule has 1 amide bonds. The molecule has 1 saturated heterocycles. The zero-order chi connectivity index (χ0) is 20.5. The maximum Gasteiger partial charge on any atom is 0.241 e. The molecule has 0 aromatic heterocycles. The summed E-state index contributed by atoms with van der Waals surface area (Å²) in [4.78, 5) is 23.2. The van der Waals surface area contributed by atoms with Crippen molar-refractivity contribution in [1.82, 2.24) is 20.0 Å². The number of piperazine rings is 1. The van der Waals surface area contributed by atoms with Crippen LogP contribution in [0.2, 0.25) is 0 Å². The largest absolute Gasteiger partial charge is 0.383 e. The number of likely N-dealkylation sites (N-methyl/N-ethyl adjacent to an activating group) is 1. The van der Waals surface area contributed by atoms with E-state index >= 15 is 0 Å². The SMILES string of the molecule is COCCN1C(C)CN(C(=NCc2ccccc2)NCC(=O)N(C)C)CC1C.I. The smallest absolute Gasteiger partial charge is 0.241 e. The molecule has 29 heavy (non-hydrogen) atoms. The van der Waals surface area contributed by atoms with Gasteiger partial charge in [-0.2, -0.15) is 0 Å². The van der Waals surface area contributed by atoms with Crippen molar-refractivity contribution in [3.63, 3.8) is 0 Å². The Hall–Kier alpha value is -1.39. The molecule has 2 unspecified atom stereocenters. The number of hydrogen-bond donors (Lipinski definition) is 1. The first-order chi connectivity index (χ1) is 13.4. The van der Waals surface area contributed by atoms with Gasteiger partial charge in [0.1, 0.15) is 0 Å². The predicted octanol–water partition coefficient (Wildman–Crippen LogP) is 1.88. The van der Waals surface area contributed by atoms with Crippen molar-refractivity contribution in [2.24, 2.45) is 4.99 Å². The molecule has 1 heterocycles. The van der Waals surface area contributed by atoms with E-state index in [1.165, 1.54) is 0 Å². The van der Waals surface area contributed by atoms with Gasteiger partial charge in [-0.25, -0.2) is 4.99 Å². The van der Waals surface area contributed by atoms with Crippen molar-refractivity contribution in [1.29, 1.82) is 0 Å². The molecule has 0 spiro atoms. The van der Waals surface area contributed by atoms with Gasteiger partial charge in [0, 0.05) is 52.9 Å². The van der Waals surface area contributed by atoms with Crippen LogP contribution < -0.4 is 5.32 Å². The fourth-order valence-corrected chi connectivity index (χ4v) is 3.50. The lowest BCUT2D eigenvalue weighted by Crippen LogP contribution is -2.61. The number of nitrogens with zero attached hydrogens (tertiary/aromatic N) is 4. The topological polar surface area (TPSA) is 60.4 Å². The zero-order valence-corrected chi connectivity index (χ0v) is 20.6. The van der Waals surface area contributed by atoms with Gasteiger partial charge in [-0.3, -0.25) is 9.69 Å². The summed E-state index contributed by atoms with van der Waals surface area (Å²) >= 11 is 0. The van der Waals surface area contributed by atoms with Crippen molar-refractivity contribution in [2.45, 2.75) is 32.5 Å². The summed E-state index contributed by atoms with van der Waals surface area (Å²) in [7, 11) is 5.28. The molecule has 2 atom stereocenters. The average Bonchev–Trinajstić information content (AvgIpc) is 2.67. The lowest BCUT2D eigenvalue weighted by Gasteiger charge is -2.45. The Morgan fingerprint density at radius 2 is 1.83 bits per heavy atom.